The predicted molar refractivity (Wildman–Crippen MR) is 131 cm³/mol. The van der Waals surface area contributed by atoms with E-state index in [1.54, 1.807) is 36.4 Å². The number of ether oxygens (including phenoxy) is 2. The third-order valence-corrected chi connectivity index (χ3v) is 5.83. The van der Waals surface area contributed by atoms with Crippen molar-refractivity contribution in [3.63, 3.8) is 0 Å². The molecule has 0 bridgehead atoms. The third-order valence-electron chi connectivity index (χ3n) is 5.83. The lowest BCUT2D eigenvalue weighted by Crippen LogP contribution is -2.24. The maximum atomic E-state index is 13.5. The van der Waals surface area contributed by atoms with E-state index in [4.69, 9.17) is 9.47 Å². The Labute approximate surface area is 207 Å². The van der Waals surface area contributed by atoms with E-state index in [0.717, 1.165) is 11.1 Å². The summed E-state index contributed by atoms with van der Waals surface area (Å²) in [4.78, 5) is 52.0. The molecule has 0 N–H and O–H groups in total. The molecule has 0 radical (unpaired) electrons. The third kappa shape index (κ3) is 4.57. The van der Waals surface area contributed by atoms with Gasteiger partial charge in [-0.2, -0.15) is 0 Å². The molecule has 0 fully saturated rings. The van der Waals surface area contributed by atoms with Gasteiger partial charge in [0.05, 0.1) is 24.0 Å². The van der Waals surface area contributed by atoms with Crippen LogP contribution in [0.3, 0.4) is 0 Å². The molecule has 176 valence electrons. The Bertz CT molecular complexity index is 1370. The van der Waals surface area contributed by atoms with Crippen LogP contribution in [0.4, 0.5) is 0 Å². The zero-order chi connectivity index (χ0) is 25.1. The summed E-state index contributed by atoms with van der Waals surface area (Å²) in [5, 5.41) is 0. The van der Waals surface area contributed by atoms with Crippen LogP contribution in [0, 0.1) is 0 Å². The fourth-order valence-electron chi connectivity index (χ4n) is 4.19. The van der Waals surface area contributed by atoms with Gasteiger partial charge in [0.2, 0.25) is 0 Å². The molecule has 0 aliphatic heterocycles. The van der Waals surface area contributed by atoms with Crippen molar-refractivity contribution in [1.82, 2.24) is 0 Å². The Morgan fingerprint density at radius 2 is 0.889 bits per heavy atom. The molecule has 0 heterocycles. The molecule has 0 saturated heterocycles. The van der Waals surface area contributed by atoms with E-state index in [0.29, 0.717) is 0 Å². The summed E-state index contributed by atoms with van der Waals surface area (Å²) < 4.78 is 11.0. The van der Waals surface area contributed by atoms with Gasteiger partial charge in [-0.05, 0) is 23.3 Å². The normalized spacial score (nSPS) is 11.9. The van der Waals surface area contributed by atoms with Crippen LogP contribution in [0.15, 0.2) is 97.1 Å². The number of fused-ring (bicyclic) bond motifs is 2. The number of rotatable bonds is 6. The number of carbonyl (C=O) groups excluding carboxylic acids is 4. The highest BCUT2D eigenvalue weighted by Gasteiger charge is 2.35. The van der Waals surface area contributed by atoms with Crippen LogP contribution in [-0.2, 0) is 22.4 Å². The molecule has 0 aromatic heterocycles. The Balaban J connectivity index is 1.42. The van der Waals surface area contributed by atoms with E-state index in [-0.39, 0.29) is 46.6 Å². The van der Waals surface area contributed by atoms with Gasteiger partial charge in [0.25, 0.3) is 0 Å². The maximum Gasteiger partial charge on any atom is 0.315 e. The first kappa shape index (κ1) is 22.9. The van der Waals surface area contributed by atoms with Crippen molar-refractivity contribution in [2.24, 2.45) is 0 Å². The summed E-state index contributed by atoms with van der Waals surface area (Å²) in [6, 6.07) is 27.2. The van der Waals surface area contributed by atoms with Gasteiger partial charge in [0.15, 0.2) is 11.6 Å². The molecule has 1 aliphatic carbocycles. The lowest BCUT2D eigenvalue weighted by Gasteiger charge is -2.21. The molecule has 5 rings (SSSR count). The van der Waals surface area contributed by atoms with E-state index in [2.05, 4.69) is 0 Å². The molecule has 4 aromatic rings. The topological polar surface area (TPSA) is 86.7 Å². The maximum absolute atomic E-state index is 13.5. The molecule has 4 aromatic carbocycles. The van der Waals surface area contributed by atoms with Gasteiger partial charge in [0, 0.05) is 11.1 Å². The van der Waals surface area contributed by atoms with Crippen LogP contribution >= 0.6 is 0 Å². The van der Waals surface area contributed by atoms with E-state index < -0.39 is 23.5 Å². The molecule has 0 saturated carbocycles. The first-order chi connectivity index (χ1) is 17.5. The second-order valence-electron chi connectivity index (χ2n) is 8.29. The fourth-order valence-corrected chi connectivity index (χ4v) is 4.19. The average Bonchev–Trinajstić information content (AvgIpc) is 2.88. The molecule has 36 heavy (non-hydrogen) atoms. The van der Waals surface area contributed by atoms with Crippen molar-refractivity contribution >= 4 is 23.5 Å². The van der Waals surface area contributed by atoms with Crippen LogP contribution < -0.4 is 9.47 Å². The van der Waals surface area contributed by atoms with E-state index >= 15 is 0 Å². The summed E-state index contributed by atoms with van der Waals surface area (Å²) in [5.41, 5.74) is 1.74. The quantitative estimate of drug-likeness (QED) is 0.260. The lowest BCUT2D eigenvalue weighted by atomic mass is 9.83. The van der Waals surface area contributed by atoms with Gasteiger partial charge in [-0.25, -0.2) is 0 Å². The smallest absolute Gasteiger partial charge is 0.315 e. The standard InChI is InChI=1S/C30H20O6/c31-25(17-19-9-3-1-4-10-19)35-23-15-7-13-21-27(23)29(33)22-14-8-16-24(28(22)30(21)34)36-26(32)18-20-11-5-2-6-12-20/h1-16H,17-18H2. The molecule has 6 nitrogen and oxygen atoms in total. The van der Waals surface area contributed by atoms with Crippen LogP contribution in [0.5, 0.6) is 11.5 Å². The second-order valence-corrected chi connectivity index (χ2v) is 8.29. The molecule has 0 spiro atoms. The first-order valence-electron chi connectivity index (χ1n) is 11.4. The molecule has 0 atom stereocenters. The summed E-state index contributed by atoms with van der Waals surface area (Å²) in [7, 11) is 0. The number of benzene rings is 4. The Morgan fingerprint density at radius 1 is 0.500 bits per heavy atom. The van der Waals surface area contributed by atoms with Crippen molar-refractivity contribution in [3.8, 4) is 11.5 Å². The zero-order valence-corrected chi connectivity index (χ0v) is 19.1. The van der Waals surface area contributed by atoms with Crippen molar-refractivity contribution in [2.75, 3.05) is 0 Å². The lowest BCUT2D eigenvalue weighted by molar-refractivity contribution is -0.134. The molecule has 0 amide bonds. The van der Waals surface area contributed by atoms with Gasteiger partial charge < -0.3 is 9.47 Å². The summed E-state index contributed by atoms with van der Waals surface area (Å²) in [5.74, 6) is -2.03. The van der Waals surface area contributed by atoms with Crippen molar-refractivity contribution in [2.45, 2.75) is 12.8 Å². The molecule has 1 aliphatic rings. The summed E-state index contributed by atoms with van der Waals surface area (Å²) >= 11 is 0. The van der Waals surface area contributed by atoms with Gasteiger partial charge in [-0.1, -0.05) is 84.9 Å². The van der Waals surface area contributed by atoms with E-state index in [1.165, 1.54) is 24.3 Å². The fraction of sp³-hybridized carbons (Fsp3) is 0.0667. The minimum absolute atomic E-state index is 0.0175. The van der Waals surface area contributed by atoms with Crippen molar-refractivity contribution in [1.29, 1.82) is 0 Å². The van der Waals surface area contributed by atoms with Gasteiger partial charge in [0.1, 0.15) is 11.5 Å². The average molecular weight is 476 g/mol. The van der Waals surface area contributed by atoms with Crippen molar-refractivity contribution < 1.29 is 28.7 Å². The molecular weight excluding hydrogens is 456 g/mol. The monoisotopic (exact) mass is 476 g/mol. The van der Waals surface area contributed by atoms with Crippen LogP contribution in [-0.4, -0.2) is 23.5 Å². The zero-order valence-electron chi connectivity index (χ0n) is 19.1. The summed E-state index contributed by atoms with van der Waals surface area (Å²) in [6.07, 6.45) is 0.0372. The van der Waals surface area contributed by atoms with E-state index in [9.17, 15) is 19.2 Å². The Kier molecular flexibility index (Phi) is 6.24. The Hall–Kier alpha value is -4.84. The number of carbonyl (C=O) groups is 4. The largest absolute Gasteiger partial charge is 0.425 e. The van der Waals surface area contributed by atoms with Crippen LogP contribution in [0.2, 0.25) is 0 Å². The highest BCUT2D eigenvalue weighted by Crippen LogP contribution is 2.37. The van der Waals surface area contributed by atoms with Crippen molar-refractivity contribution in [3.05, 3.63) is 130 Å². The van der Waals surface area contributed by atoms with Crippen LogP contribution in [0.1, 0.15) is 43.0 Å². The summed E-state index contributed by atoms with van der Waals surface area (Å²) in [6.45, 7) is 0. The number of hydrogen-bond donors (Lipinski definition) is 0. The Morgan fingerprint density at radius 3 is 1.28 bits per heavy atom. The molecule has 6 heteroatoms. The van der Waals surface area contributed by atoms with Gasteiger partial charge in [-0.3, -0.25) is 19.2 Å². The predicted octanol–water partition coefficient (Wildman–Crippen LogP) is 4.76. The molecular formula is C30H20O6. The van der Waals surface area contributed by atoms with Gasteiger partial charge in [-0.15, -0.1) is 0 Å². The SMILES string of the molecule is O=C(Cc1ccccc1)Oc1cccc2c1C(=O)c1cccc(OC(=O)Cc3ccccc3)c1C2=O. The minimum Gasteiger partial charge on any atom is -0.425 e. The number of ketones is 2. The van der Waals surface area contributed by atoms with Gasteiger partial charge >= 0.3 is 11.9 Å². The van der Waals surface area contributed by atoms with E-state index in [1.807, 2.05) is 36.4 Å². The molecule has 0 unspecified atom stereocenters. The number of esters is 2. The van der Waals surface area contributed by atoms with Crippen LogP contribution in [0.25, 0.3) is 0 Å². The first-order valence-corrected chi connectivity index (χ1v) is 11.4. The minimum atomic E-state index is -0.552. The highest BCUT2D eigenvalue weighted by molar-refractivity contribution is 6.30. The highest BCUT2D eigenvalue weighted by atomic mass is 16.5. The second kappa shape index (κ2) is 9.80. The number of hydrogen-bond acceptors (Lipinski definition) is 6.